The van der Waals surface area contributed by atoms with Crippen LogP contribution in [0.1, 0.15) is 47.5 Å². The molecule has 0 atom stereocenters. The molecule has 1 N–H and O–H groups in total. The van der Waals surface area contributed by atoms with Crippen molar-refractivity contribution in [3.63, 3.8) is 0 Å². The molecule has 4 heteroatoms. The molecule has 0 spiro atoms. The molecule has 0 saturated carbocycles. The zero-order valence-electron chi connectivity index (χ0n) is 13.1. The van der Waals surface area contributed by atoms with E-state index in [9.17, 15) is 4.79 Å². The van der Waals surface area contributed by atoms with Gasteiger partial charge >= 0.3 is 0 Å². The number of hydrogen-bond acceptors (Lipinski definition) is 3. The van der Waals surface area contributed by atoms with E-state index < -0.39 is 0 Å². The first-order valence-corrected chi connectivity index (χ1v) is 6.61. The van der Waals surface area contributed by atoms with E-state index in [0.717, 1.165) is 19.4 Å². The molecule has 0 saturated heterocycles. The molecule has 0 aromatic rings. The molecule has 0 aromatic carbocycles. The second-order valence-corrected chi connectivity index (χ2v) is 6.48. The topological polar surface area (TPSA) is 41.6 Å². The molecule has 0 bridgehead atoms. The predicted molar refractivity (Wildman–Crippen MR) is 75.7 cm³/mol. The lowest BCUT2D eigenvalue weighted by Gasteiger charge is -2.30. The zero-order chi connectivity index (χ0) is 14.4. The number of nitrogens with zero attached hydrogens (tertiary/aromatic N) is 1. The maximum Gasteiger partial charge on any atom is 0.217 e. The third-order valence-corrected chi connectivity index (χ3v) is 2.90. The molecule has 0 unspecified atom stereocenters. The van der Waals surface area contributed by atoms with E-state index >= 15 is 0 Å². The molecule has 0 heterocycles. The average molecular weight is 258 g/mol. The van der Waals surface area contributed by atoms with Gasteiger partial charge < -0.3 is 15.0 Å². The van der Waals surface area contributed by atoms with Crippen LogP contribution < -0.4 is 5.32 Å². The number of rotatable bonds is 8. The van der Waals surface area contributed by atoms with Crippen LogP contribution in [0.5, 0.6) is 0 Å². The maximum absolute atomic E-state index is 11.0. The van der Waals surface area contributed by atoms with E-state index in [1.165, 1.54) is 0 Å². The minimum atomic E-state index is -0.205. The quantitative estimate of drug-likeness (QED) is 0.724. The Kier molecular flexibility index (Phi) is 6.86. The van der Waals surface area contributed by atoms with Gasteiger partial charge in [-0.05, 0) is 54.6 Å². The summed E-state index contributed by atoms with van der Waals surface area (Å²) in [6.07, 6.45) is 1.82. The summed E-state index contributed by atoms with van der Waals surface area (Å²) in [5, 5.41) is 2.93. The molecule has 0 fully saturated rings. The summed E-state index contributed by atoms with van der Waals surface area (Å²) in [6.45, 7) is 11.5. The number of hydrogen-bond donors (Lipinski definition) is 1. The van der Waals surface area contributed by atoms with Gasteiger partial charge in [-0.1, -0.05) is 0 Å². The normalized spacial score (nSPS) is 12.9. The first-order valence-electron chi connectivity index (χ1n) is 6.61. The van der Waals surface area contributed by atoms with E-state index in [0.29, 0.717) is 6.61 Å². The zero-order valence-corrected chi connectivity index (χ0v) is 13.1. The molecule has 0 rings (SSSR count). The maximum atomic E-state index is 11.0. The van der Waals surface area contributed by atoms with Gasteiger partial charge in [0.25, 0.3) is 0 Å². The largest absolute Gasteiger partial charge is 0.375 e. The number of nitrogens with one attached hydrogen (secondary N) is 1. The van der Waals surface area contributed by atoms with E-state index in [-0.39, 0.29) is 17.0 Å². The highest BCUT2D eigenvalue weighted by atomic mass is 16.5. The Morgan fingerprint density at radius 3 is 2.17 bits per heavy atom. The van der Waals surface area contributed by atoms with Crippen LogP contribution >= 0.6 is 0 Å². The van der Waals surface area contributed by atoms with Crippen molar-refractivity contribution in [3.8, 4) is 0 Å². The highest BCUT2D eigenvalue weighted by Crippen LogP contribution is 2.17. The molecule has 108 valence electrons. The Bertz CT molecular complexity index is 261. The van der Waals surface area contributed by atoms with Crippen molar-refractivity contribution >= 4 is 5.91 Å². The molecule has 0 aliphatic heterocycles. The SMILES string of the molecule is CC(=O)NC(C)(C)CCOC(C)(C)CCN(C)C. The molecule has 0 aliphatic carbocycles. The standard InChI is InChI=1S/C14H30N2O2/c1-12(17)15-13(2,3)9-11-18-14(4,5)8-10-16(6)7/h8-11H2,1-7H3,(H,15,17). The highest BCUT2D eigenvalue weighted by Gasteiger charge is 2.22. The van der Waals surface area contributed by atoms with Crippen molar-refractivity contribution in [2.24, 2.45) is 0 Å². The summed E-state index contributed by atoms with van der Waals surface area (Å²) < 4.78 is 5.92. The first kappa shape index (κ1) is 17.4. The highest BCUT2D eigenvalue weighted by molar-refractivity contribution is 5.73. The molecular weight excluding hydrogens is 228 g/mol. The third kappa shape index (κ3) is 9.42. The summed E-state index contributed by atoms with van der Waals surface area (Å²) in [5.41, 5.74) is -0.319. The lowest BCUT2D eigenvalue weighted by Crippen LogP contribution is -2.43. The summed E-state index contributed by atoms with van der Waals surface area (Å²) >= 11 is 0. The van der Waals surface area contributed by atoms with Gasteiger partial charge in [0, 0.05) is 25.6 Å². The van der Waals surface area contributed by atoms with Crippen LogP contribution in [0.3, 0.4) is 0 Å². The Morgan fingerprint density at radius 1 is 1.17 bits per heavy atom. The monoisotopic (exact) mass is 258 g/mol. The first-order chi connectivity index (χ1) is 8.04. The number of amides is 1. The number of ether oxygens (including phenoxy) is 1. The Balaban J connectivity index is 3.98. The number of carbonyl (C=O) groups excluding carboxylic acids is 1. The Morgan fingerprint density at radius 2 is 1.72 bits per heavy atom. The minimum Gasteiger partial charge on any atom is -0.375 e. The van der Waals surface area contributed by atoms with Crippen LogP contribution in [0.25, 0.3) is 0 Å². The average Bonchev–Trinajstić information content (AvgIpc) is 2.12. The molecule has 4 nitrogen and oxygen atoms in total. The van der Waals surface area contributed by atoms with Gasteiger partial charge in [0.1, 0.15) is 0 Å². The van der Waals surface area contributed by atoms with E-state index in [1.807, 2.05) is 13.8 Å². The third-order valence-electron chi connectivity index (χ3n) is 2.90. The van der Waals surface area contributed by atoms with Gasteiger partial charge in [-0.25, -0.2) is 0 Å². The van der Waals surface area contributed by atoms with Crippen LogP contribution in [0.2, 0.25) is 0 Å². The van der Waals surface area contributed by atoms with Crippen molar-refractivity contribution in [1.29, 1.82) is 0 Å². The molecule has 0 radical (unpaired) electrons. The fourth-order valence-corrected chi connectivity index (χ4v) is 1.69. The van der Waals surface area contributed by atoms with Gasteiger partial charge in [-0.3, -0.25) is 4.79 Å². The minimum absolute atomic E-state index is 0.00636. The Hall–Kier alpha value is -0.610. The van der Waals surface area contributed by atoms with Gasteiger partial charge in [0.2, 0.25) is 5.91 Å². The van der Waals surface area contributed by atoms with E-state index in [4.69, 9.17) is 4.74 Å². The van der Waals surface area contributed by atoms with Crippen LogP contribution in [0.4, 0.5) is 0 Å². The van der Waals surface area contributed by atoms with Crippen LogP contribution in [0, 0.1) is 0 Å². The van der Waals surface area contributed by atoms with E-state index in [2.05, 4.69) is 38.2 Å². The van der Waals surface area contributed by atoms with Crippen molar-refractivity contribution in [2.75, 3.05) is 27.2 Å². The molecular formula is C14H30N2O2. The summed E-state index contributed by atoms with van der Waals surface area (Å²) in [7, 11) is 4.13. The predicted octanol–water partition coefficient (Wildman–Crippen LogP) is 2.04. The summed E-state index contributed by atoms with van der Waals surface area (Å²) in [4.78, 5) is 13.2. The van der Waals surface area contributed by atoms with E-state index in [1.54, 1.807) is 6.92 Å². The van der Waals surface area contributed by atoms with Gasteiger partial charge in [-0.15, -0.1) is 0 Å². The number of carbonyl (C=O) groups is 1. The molecule has 0 aliphatic rings. The van der Waals surface area contributed by atoms with Crippen molar-refractivity contribution < 1.29 is 9.53 Å². The van der Waals surface area contributed by atoms with Crippen LogP contribution in [0.15, 0.2) is 0 Å². The second-order valence-electron chi connectivity index (χ2n) is 6.48. The van der Waals surface area contributed by atoms with Gasteiger partial charge in [0.05, 0.1) is 5.60 Å². The van der Waals surface area contributed by atoms with Crippen LogP contribution in [-0.4, -0.2) is 49.2 Å². The second kappa shape index (κ2) is 7.10. The fraction of sp³-hybridized carbons (Fsp3) is 0.929. The van der Waals surface area contributed by atoms with Crippen molar-refractivity contribution in [3.05, 3.63) is 0 Å². The van der Waals surface area contributed by atoms with Gasteiger partial charge in [-0.2, -0.15) is 0 Å². The lowest BCUT2D eigenvalue weighted by molar-refractivity contribution is -0.120. The summed E-state index contributed by atoms with van der Waals surface area (Å²) in [6, 6.07) is 0. The molecule has 1 amide bonds. The molecule has 18 heavy (non-hydrogen) atoms. The van der Waals surface area contributed by atoms with Crippen LogP contribution in [-0.2, 0) is 9.53 Å². The molecule has 0 aromatic heterocycles. The Labute approximate surface area is 112 Å². The smallest absolute Gasteiger partial charge is 0.217 e. The lowest BCUT2D eigenvalue weighted by atomic mass is 10.0. The fourth-order valence-electron chi connectivity index (χ4n) is 1.69. The van der Waals surface area contributed by atoms with Crippen molar-refractivity contribution in [1.82, 2.24) is 10.2 Å². The van der Waals surface area contributed by atoms with Gasteiger partial charge in [0.15, 0.2) is 0 Å². The van der Waals surface area contributed by atoms with Crippen molar-refractivity contribution in [2.45, 2.75) is 58.6 Å². The summed E-state index contributed by atoms with van der Waals surface area (Å²) in [5.74, 6) is 0.00636.